The second kappa shape index (κ2) is 5.54. The number of para-hydroxylation sites is 1. The number of anilines is 1. The highest BCUT2D eigenvalue weighted by molar-refractivity contribution is 7.92. The van der Waals surface area contributed by atoms with Gasteiger partial charge < -0.3 is 5.11 Å². The van der Waals surface area contributed by atoms with Gasteiger partial charge in [-0.2, -0.15) is 0 Å². The molecule has 5 heteroatoms. The molecule has 0 aliphatic heterocycles. The molecule has 20 heavy (non-hydrogen) atoms. The number of benzene rings is 2. The van der Waals surface area contributed by atoms with Crippen LogP contribution >= 0.6 is 0 Å². The minimum atomic E-state index is -3.76. The second-order valence-corrected chi connectivity index (χ2v) is 6.40. The van der Waals surface area contributed by atoms with Crippen molar-refractivity contribution in [1.82, 2.24) is 0 Å². The maximum Gasteiger partial charge on any atom is 0.267 e. The number of phenols is 1. The Labute approximate surface area is 119 Å². The molecule has 0 saturated carbocycles. The van der Waals surface area contributed by atoms with Crippen LogP contribution in [0.1, 0.15) is 12.5 Å². The Balaban J connectivity index is 2.41. The van der Waals surface area contributed by atoms with Crippen molar-refractivity contribution in [2.24, 2.45) is 0 Å². The Morgan fingerprint density at radius 1 is 1.05 bits per heavy atom. The number of hydrogen-bond donors (Lipinski definition) is 1. The molecular formula is C15H17NO3S. The SMILES string of the molecule is CCc1ccc(N(C)S(=O)(=O)c2ccccc2O)cc1. The van der Waals surface area contributed by atoms with Crippen LogP contribution in [0, 0.1) is 0 Å². The van der Waals surface area contributed by atoms with Gasteiger partial charge in [0.15, 0.2) is 0 Å². The summed E-state index contributed by atoms with van der Waals surface area (Å²) in [5.41, 5.74) is 1.70. The van der Waals surface area contributed by atoms with Crippen molar-refractivity contribution in [2.75, 3.05) is 11.4 Å². The number of hydrogen-bond acceptors (Lipinski definition) is 3. The monoisotopic (exact) mass is 291 g/mol. The topological polar surface area (TPSA) is 57.6 Å². The molecule has 2 aromatic carbocycles. The molecule has 4 nitrogen and oxygen atoms in total. The largest absolute Gasteiger partial charge is 0.507 e. The molecule has 0 aromatic heterocycles. The number of sulfonamides is 1. The quantitative estimate of drug-likeness (QED) is 0.942. The van der Waals surface area contributed by atoms with E-state index in [9.17, 15) is 13.5 Å². The standard InChI is InChI=1S/C15H17NO3S/c1-3-12-8-10-13(11-9-12)16(2)20(18,19)15-7-5-4-6-14(15)17/h4-11,17H,3H2,1-2H3. The number of phenolic OH excluding ortho intramolecular Hbond substituents is 1. The molecule has 0 spiro atoms. The lowest BCUT2D eigenvalue weighted by molar-refractivity contribution is 0.458. The second-order valence-electron chi connectivity index (χ2n) is 4.46. The number of aromatic hydroxyl groups is 1. The van der Waals surface area contributed by atoms with Crippen molar-refractivity contribution < 1.29 is 13.5 Å². The summed E-state index contributed by atoms with van der Waals surface area (Å²) in [5.74, 6) is -0.246. The van der Waals surface area contributed by atoms with E-state index in [-0.39, 0.29) is 10.6 Å². The van der Waals surface area contributed by atoms with Crippen LogP contribution in [0.15, 0.2) is 53.4 Å². The average molecular weight is 291 g/mol. The predicted molar refractivity (Wildman–Crippen MR) is 79.5 cm³/mol. The van der Waals surface area contributed by atoms with Gasteiger partial charge in [0.2, 0.25) is 0 Å². The molecule has 0 atom stereocenters. The molecule has 106 valence electrons. The molecule has 0 saturated heterocycles. The lowest BCUT2D eigenvalue weighted by Gasteiger charge is -2.20. The van der Waals surface area contributed by atoms with Crippen LogP contribution in [0.25, 0.3) is 0 Å². The fraction of sp³-hybridized carbons (Fsp3) is 0.200. The molecule has 2 aromatic rings. The van der Waals surface area contributed by atoms with E-state index < -0.39 is 10.0 Å². The van der Waals surface area contributed by atoms with E-state index in [1.807, 2.05) is 19.1 Å². The van der Waals surface area contributed by atoms with Crippen molar-refractivity contribution in [1.29, 1.82) is 0 Å². The minimum absolute atomic E-state index is 0.0953. The third-order valence-corrected chi connectivity index (χ3v) is 5.04. The Hall–Kier alpha value is -2.01. The van der Waals surface area contributed by atoms with Crippen molar-refractivity contribution in [3.63, 3.8) is 0 Å². The molecule has 0 unspecified atom stereocenters. The van der Waals surface area contributed by atoms with Gasteiger partial charge in [-0.3, -0.25) is 4.31 Å². The molecule has 0 bridgehead atoms. The lowest BCUT2D eigenvalue weighted by Crippen LogP contribution is -2.26. The third kappa shape index (κ3) is 2.63. The summed E-state index contributed by atoms with van der Waals surface area (Å²) in [6.07, 6.45) is 0.899. The maximum atomic E-state index is 12.5. The first-order valence-corrected chi connectivity index (χ1v) is 7.76. The maximum absolute atomic E-state index is 12.5. The van der Waals surface area contributed by atoms with E-state index in [1.54, 1.807) is 24.3 Å². The van der Waals surface area contributed by atoms with E-state index in [0.717, 1.165) is 12.0 Å². The highest BCUT2D eigenvalue weighted by Crippen LogP contribution is 2.27. The van der Waals surface area contributed by atoms with Gasteiger partial charge in [-0.1, -0.05) is 31.2 Å². The zero-order valence-corrected chi connectivity index (χ0v) is 12.3. The van der Waals surface area contributed by atoms with E-state index in [2.05, 4.69) is 0 Å². The van der Waals surface area contributed by atoms with Crippen molar-refractivity contribution >= 4 is 15.7 Å². The fourth-order valence-electron chi connectivity index (χ4n) is 1.90. The summed E-state index contributed by atoms with van der Waals surface area (Å²) in [7, 11) is -2.28. The van der Waals surface area contributed by atoms with Crippen LogP contribution in [0.3, 0.4) is 0 Å². The number of nitrogens with zero attached hydrogens (tertiary/aromatic N) is 1. The molecule has 1 N–H and O–H groups in total. The van der Waals surface area contributed by atoms with Crippen molar-refractivity contribution in [3.05, 3.63) is 54.1 Å². The minimum Gasteiger partial charge on any atom is -0.507 e. The summed E-state index contributed by atoms with van der Waals surface area (Å²) in [5, 5.41) is 9.72. The van der Waals surface area contributed by atoms with Gasteiger partial charge in [0.25, 0.3) is 10.0 Å². The van der Waals surface area contributed by atoms with Gasteiger partial charge in [-0.25, -0.2) is 8.42 Å². The summed E-state index contributed by atoms with van der Waals surface area (Å²) in [6, 6.07) is 13.2. The number of rotatable bonds is 4. The lowest BCUT2D eigenvalue weighted by atomic mass is 10.1. The first kappa shape index (κ1) is 14.4. The van der Waals surface area contributed by atoms with Gasteiger partial charge in [-0.15, -0.1) is 0 Å². The smallest absolute Gasteiger partial charge is 0.267 e. The zero-order valence-electron chi connectivity index (χ0n) is 11.4. The van der Waals surface area contributed by atoms with E-state index >= 15 is 0 Å². The summed E-state index contributed by atoms with van der Waals surface area (Å²) in [6.45, 7) is 2.04. The van der Waals surface area contributed by atoms with Gasteiger partial charge in [0.1, 0.15) is 10.6 Å². The van der Waals surface area contributed by atoms with Crippen molar-refractivity contribution in [2.45, 2.75) is 18.2 Å². The van der Waals surface area contributed by atoms with Crippen LogP contribution in [0.2, 0.25) is 0 Å². The van der Waals surface area contributed by atoms with Crippen LogP contribution in [0.4, 0.5) is 5.69 Å². The molecule has 0 amide bonds. The van der Waals surface area contributed by atoms with Gasteiger partial charge in [0.05, 0.1) is 5.69 Å². The van der Waals surface area contributed by atoms with Crippen LogP contribution in [0.5, 0.6) is 5.75 Å². The van der Waals surface area contributed by atoms with Crippen LogP contribution in [-0.2, 0) is 16.4 Å². The molecule has 2 rings (SSSR count). The van der Waals surface area contributed by atoms with E-state index in [0.29, 0.717) is 5.69 Å². The normalized spacial score (nSPS) is 11.3. The Morgan fingerprint density at radius 3 is 2.20 bits per heavy atom. The van der Waals surface area contributed by atoms with Crippen molar-refractivity contribution in [3.8, 4) is 5.75 Å². The first-order valence-electron chi connectivity index (χ1n) is 6.32. The number of aryl methyl sites for hydroxylation is 1. The summed E-state index contributed by atoms with van der Waals surface area (Å²) < 4.78 is 26.1. The molecule has 0 fully saturated rings. The highest BCUT2D eigenvalue weighted by Gasteiger charge is 2.24. The van der Waals surface area contributed by atoms with Gasteiger partial charge in [0, 0.05) is 7.05 Å². The predicted octanol–water partition coefficient (Wildman–Crippen LogP) is 2.78. The summed E-state index contributed by atoms with van der Waals surface area (Å²) >= 11 is 0. The molecule has 0 radical (unpaired) electrons. The Bertz CT molecular complexity index is 693. The van der Waals surface area contributed by atoms with Gasteiger partial charge >= 0.3 is 0 Å². The Morgan fingerprint density at radius 2 is 1.65 bits per heavy atom. The highest BCUT2D eigenvalue weighted by atomic mass is 32.2. The Kier molecular flexibility index (Phi) is 3.99. The van der Waals surface area contributed by atoms with Crippen LogP contribution < -0.4 is 4.31 Å². The first-order chi connectivity index (χ1) is 9.46. The van der Waals surface area contributed by atoms with Gasteiger partial charge in [-0.05, 0) is 36.2 Å². The fourth-order valence-corrected chi connectivity index (χ4v) is 3.18. The third-order valence-electron chi connectivity index (χ3n) is 3.21. The molecular weight excluding hydrogens is 274 g/mol. The molecule has 0 heterocycles. The van der Waals surface area contributed by atoms with Crippen LogP contribution in [-0.4, -0.2) is 20.6 Å². The molecule has 0 aliphatic carbocycles. The zero-order chi connectivity index (χ0) is 14.8. The average Bonchev–Trinajstić information content (AvgIpc) is 2.47. The van der Waals surface area contributed by atoms with E-state index in [4.69, 9.17) is 0 Å². The van der Waals surface area contributed by atoms with E-state index in [1.165, 1.54) is 23.5 Å². The molecule has 0 aliphatic rings. The summed E-state index contributed by atoms with van der Waals surface area (Å²) in [4.78, 5) is -0.0953.